The molecule has 0 aliphatic carbocycles. The molecule has 2 atom stereocenters. The zero-order valence-corrected chi connectivity index (χ0v) is 40.0. The number of carbonyl (C=O) groups is 2. The summed E-state index contributed by atoms with van der Waals surface area (Å²) in [6.07, 6.45) is 10.3. The van der Waals surface area contributed by atoms with Gasteiger partial charge in [0.1, 0.15) is 0 Å². The summed E-state index contributed by atoms with van der Waals surface area (Å²) in [5.41, 5.74) is -0.244. The van der Waals surface area contributed by atoms with Crippen LogP contribution in [0.15, 0.2) is 0 Å². The van der Waals surface area contributed by atoms with Gasteiger partial charge in [-0.2, -0.15) is 0 Å². The van der Waals surface area contributed by atoms with Crippen molar-refractivity contribution in [2.24, 2.45) is 5.41 Å². The molecule has 0 N–H and O–H groups in total. The molecule has 9 heteroatoms. The van der Waals surface area contributed by atoms with Crippen LogP contribution in [0.1, 0.15) is 162 Å². The van der Waals surface area contributed by atoms with E-state index in [1.807, 2.05) is 32.6 Å². The molecule has 7 nitrogen and oxygen atoms in total. The molecule has 294 valence electrons. The third-order valence-corrected chi connectivity index (χ3v) is 31.6. The minimum absolute atomic E-state index is 0.00385. The molecule has 0 fully saturated rings. The first-order valence-corrected chi connectivity index (χ1v) is 30.7. The summed E-state index contributed by atoms with van der Waals surface area (Å²) in [6.45, 7) is 38.9. The molecule has 0 aromatic heterocycles. The zero-order chi connectivity index (χ0) is 39.1. The molecule has 0 aliphatic rings. The summed E-state index contributed by atoms with van der Waals surface area (Å²) in [6, 6.07) is 0.129. The Morgan fingerprint density at radius 2 is 1.08 bits per heavy atom. The van der Waals surface area contributed by atoms with Gasteiger partial charge in [-0.15, -0.1) is 0 Å². The first kappa shape index (κ1) is 49.1. The number of unbranched alkanes of at least 4 members (excludes halogenated alkanes) is 3. The number of amides is 2. The third-order valence-electron chi connectivity index (χ3n) is 10.7. The van der Waals surface area contributed by atoms with Crippen LogP contribution in [0.25, 0.3) is 0 Å². The Hall–Kier alpha value is -0.924. The fourth-order valence-electron chi connectivity index (χ4n) is 6.98. The van der Waals surface area contributed by atoms with Crippen molar-refractivity contribution in [2.75, 3.05) is 0 Å². The van der Waals surface area contributed by atoms with Crippen LogP contribution in [0.5, 0.6) is 0 Å². The molecule has 0 aliphatic heterocycles. The van der Waals surface area contributed by atoms with E-state index in [2.05, 4.69) is 108 Å². The Morgan fingerprint density at radius 3 is 1.44 bits per heavy atom. The average molecular weight is 830 g/mol. The molecular formula is C41H82N2O5SiSn. The van der Waals surface area contributed by atoms with E-state index in [1.165, 1.54) is 32.6 Å². The minimum atomic E-state index is -3.11. The van der Waals surface area contributed by atoms with Crippen LogP contribution in [0, 0.1) is 17.4 Å². The molecule has 0 bridgehead atoms. The first-order chi connectivity index (χ1) is 22.9. The standard InChI is InChI=1S/C29H55N2O5Si.3C4H9.Sn/c1-21(2)30(22(3)4)26(32)34-18-16-25(36-37(14,15)28(9,10)11)20-29(12,13)17-19-35-27(33)31(23(5)6)24(7)8;3*1-3-4-2;/h19,21-25H,17,20H2,1-15H3;3*1,3-4H2,2H3;/t25-;;;;/m0..../s1. The first-order valence-electron chi connectivity index (χ1n) is 20.1. The van der Waals surface area contributed by atoms with Gasteiger partial charge in [0.05, 0.1) is 0 Å². The van der Waals surface area contributed by atoms with Crippen LogP contribution in [-0.2, 0) is 13.9 Å². The molecule has 0 rings (SSSR count). The van der Waals surface area contributed by atoms with Crippen LogP contribution < -0.4 is 0 Å². The van der Waals surface area contributed by atoms with E-state index in [-0.39, 0.29) is 44.8 Å². The van der Waals surface area contributed by atoms with Gasteiger partial charge in [0.15, 0.2) is 0 Å². The molecular weight excluding hydrogens is 747 g/mol. The van der Waals surface area contributed by atoms with E-state index in [9.17, 15) is 9.59 Å². The van der Waals surface area contributed by atoms with Crippen molar-refractivity contribution >= 4 is 38.9 Å². The predicted molar refractivity (Wildman–Crippen MR) is 219 cm³/mol. The number of nitrogens with zero attached hydrogens (tertiary/aromatic N) is 2. The number of hydrogen-bond donors (Lipinski definition) is 0. The number of rotatable bonds is 21. The number of carbonyl (C=O) groups excluding carboxylic acids is 2. The van der Waals surface area contributed by atoms with Crippen LogP contribution in [0.4, 0.5) is 9.59 Å². The summed E-state index contributed by atoms with van der Waals surface area (Å²) < 4.78 is 23.2. The third kappa shape index (κ3) is 16.4. The van der Waals surface area contributed by atoms with Crippen molar-refractivity contribution in [1.82, 2.24) is 9.80 Å². The fraction of sp³-hybridized carbons (Fsp3) is 0.902. The Balaban J connectivity index is 7.03. The summed E-state index contributed by atoms with van der Waals surface area (Å²) in [4.78, 5) is 30.8. The average Bonchev–Trinajstić information content (AvgIpc) is 2.94. The van der Waals surface area contributed by atoms with Crippen molar-refractivity contribution in [2.45, 2.75) is 228 Å². The van der Waals surface area contributed by atoms with E-state index >= 15 is 0 Å². The molecule has 0 saturated heterocycles. The Labute approximate surface area is 316 Å². The fourth-order valence-corrected chi connectivity index (χ4v) is 26.0. The summed E-state index contributed by atoms with van der Waals surface area (Å²) in [7, 11) is -2.23. The van der Waals surface area contributed by atoms with E-state index in [1.54, 1.807) is 4.90 Å². The van der Waals surface area contributed by atoms with Crippen LogP contribution in [-0.4, -0.2) is 83.1 Å². The Morgan fingerprint density at radius 1 is 0.680 bits per heavy atom. The van der Waals surface area contributed by atoms with Crippen molar-refractivity contribution in [1.29, 1.82) is 0 Å². The van der Waals surface area contributed by atoms with Gasteiger partial charge in [0, 0.05) is 0 Å². The Kier molecular flexibility index (Phi) is 21.9. The van der Waals surface area contributed by atoms with Gasteiger partial charge in [-0.3, -0.25) is 0 Å². The van der Waals surface area contributed by atoms with Gasteiger partial charge >= 0.3 is 318 Å². The van der Waals surface area contributed by atoms with E-state index in [0.717, 1.165) is 25.7 Å². The second-order valence-electron chi connectivity index (χ2n) is 18.3. The molecule has 2 amide bonds. The molecule has 0 unspecified atom stereocenters. The monoisotopic (exact) mass is 831 g/mol. The molecule has 0 aromatic carbocycles. The van der Waals surface area contributed by atoms with Gasteiger partial charge in [0.2, 0.25) is 0 Å². The molecule has 0 aromatic rings. The van der Waals surface area contributed by atoms with Crippen molar-refractivity contribution in [3.05, 3.63) is 0 Å². The normalized spacial score (nSPS) is 14.1. The molecule has 0 spiro atoms. The molecule has 50 heavy (non-hydrogen) atoms. The number of hydrogen-bond acceptors (Lipinski definition) is 5. The van der Waals surface area contributed by atoms with Gasteiger partial charge in [-0.25, -0.2) is 0 Å². The van der Waals surface area contributed by atoms with Crippen LogP contribution >= 0.6 is 0 Å². The van der Waals surface area contributed by atoms with Gasteiger partial charge < -0.3 is 0 Å². The second-order valence-corrected chi connectivity index (χ2v) is 36.9. The van der Waals surface area contributed by atoms with E-state index in [4.69, 9.17) is 13.9 Å². The second kappa shape index (κ2) is 22.3. The van der Waals surface area contributed by atoms with Crippen molar-refractivity contribution in [3.63, 3.8) is 0 Å². The van der Waals surface area contributed by atoms with Gasteiger partial charge in [-0.05, 0) is 0 Å². The maximum absolute atomic E-state index is 14.1. The van der Waals surface area contributed by atoms with E-state index in [0.29, 0.717) is 6.42 Å². The quantitative estimate of drug-likeness (QED) is 0.0851. The van der Waals surface area contributed by atoms with E-state index < -0.39 is 38.9 Å². The predicted octanol–water partition coefficient (Wildman–Crippen LogP) is 12.4. The molecule has 0 heterocycles. The van der Waals surface area contributed by atoms with Gasteiger partial charge in [-0.1, -0.05) is 0 Å². The summed E-state index contributed by atoms with van der Waals surface area (Å²) >= 11 is -3.11. The summed E-state index contributed by atoms with van der Waals surface area (Å²) in [5.74, 6) is 3.27. The van der Waals surface area contributed by atoms with Crippen molar-refractivity contribution < 1.29 is 23.5 Å². The van der Waals surface area contributed by atoms with Crippen molar-refractivity contribution in [3.8, 4) is 12.0 Å². The molecule has 0 saturated carbocycles. The molecule has 0 radical (unpaired) electrons. The van der Waals surface area contributed by atoms with Crippen LogP contribution in [0.2, 0.25) is 31.4 Å². The SMILES string of the molecule is CCC[CH2][Sn]([CH2]CCC)([CH2]CCC)[C@@H](CC(C)(C)C[C@H](C#COC(=O)N(C(C)C)C(C)C)O[Si](C)(C)C(C)(C)C)OC(=O)N(C(C)C)C(C)C. The van der Waals surface area contributed by atoms with Crippen LogP contribution in [0.3, 0.4) is 0 Å². The maximum atomic E-state index is 14.1. The number of ether oxygens (including phenoxy) is 2. The zero-order valence-electron chi connectivity index (χ0n) is 36.2. The topological polar surface area (TPSA) is 68.3 Å². The Bertz CT molecular complexity index is 1020. The summed E-state index contributed by atoms with van der Waals surface area (Å²) in [5, 5.41) is -0.0128. The van der Waals surface area contributed by atoms with Gasteiger partial charge in [0.25, 0.3) is 0 Å².